The fourth-order valence-electron chi connectivity index (χ4n) is 2.64. The fourth-order valence-corrected chi connectivity index (χ4v) is 2.64. The van der Waals surface area contributed by atoms with Gasteiger partial charge < -0.3 is 10.3 Å². The molecule has 4 rings (SSSR count). The number of non-ortho nitro benzene ring substituents is 1. The van der Waals surface area contributed by atoms with Crippen molar-refractivity contribution in [3.63, 3.8) is 0 Å². The van der Waals surface area contributed by atoms with Crippen LogP contribution < -0.4 is 5.32 Å². The van der Waals surface area contributed by atoms with Gasteiger partial charge in [-0.3, -0.25) is 10.1 Å². The Morgan fingerprint density at radius 3 is 2.74 bits per heavy atom. The monoisotopic (exact) mass is 304 g/mol. The van der Waals surface area contributed by atoms with Crippen molar-refractivity contribution in [3.8, 4) is 0 Å². The van der Waals surface area contributed by atoms with Crippen LogP contribution in [0.4, 0.5) is 17.2 Å². The molecule has 0 saturated heterocycles. The molecule has 4 aromatic rings. The second kappa shape index (κ2) is 5.10. The van der Waals surface area contributed by atoms with E-state index < -0.39 is 4.92 Å². The molecule has 0 aliphatic carbocycles. The topological polar surface area (TPSA) is 83.8 Å². The number of para-hydroxylation sites is 1. The minimum atomic E-state index is -0.417. The van der Waals surface area contributed by atoms with E-state index in [1.807, 2.05) is 36.4 Å². The summed E-state index contributed by atoms with van der Waals surface area (Å²) in [6.45, 7) is 0. The number of fused-ring (bicyclic) bond motifs is 3. The zero-order valence-electron chi connectivity index (χ0n) is 12.0. The van der Waals surface area contributed by atoms with Gasteiger partial charge in [0, 0.05) is 34.1 Å². The van der Waals surface area contributed by atoms with Gasteiger partial charge in [-0.25, -0.2) is 4.98 Å². The molecule has 2 heterocycles. The second-order valence-corrected chi connectivity index (χ2v) is 5.20. The molecule has 0 amide bonds. The van der Waals surface area contributed by atoms with Gasteiger partial charge in [-0.05, 0) is 24.3 Å². The predicted molar refractivity (Wildman–Crippen MR) is 90.0 cm³/mol. The number of rotatable bonds is 3. The first-order valence-corrected chi connectivity index (χ1v) is 7.10. The maximum Gasteiger partial charge on any atom is 0.271 e. The van der Waals surface area contributed by atoms with Gasteiger partial charge >= 0.3 is 0 Å². The van der Waals surface area contributed by atoms with E-state index in [1.54, 1.807) is 12.1 Å². The Labute approximate surface area is 130 Å². The van der Waals surface area contributed by atoms with Crippen LogP contribution in [0.25, 0.3) is 21.9 Å². The van der Waals surface area contributed by atoms with Crippen molar-refractivity contribution >= 4 is 39.1 Å². The fraction of sp³-hybridized carbons (Fsp3) is 0. The Kier molecular flexibility index (Phi) is 2.94. The highest BCUT2D eigenvalue weighted by Gasteiger charge is 2.08. The lowest BCUT2D eigenvalue weighted by Crippen LogP contribution is -1.95. The molecule has 6 heteroatoms. The first-order chi connectivity index (χ1) is 11.2. The van der Waals surface area contributed by atoms with Gasteiger partial charge in [0.25, 0.3) is 5.69 Å². The van der Waals surface area contributed by atoms with Gasteiger partial charge in [-0.1, -0.05) is 24.3 Å². The van der Waals surface area contributed by atoms with Crippen LogP contribution in [0.3, 0.4) is 0 Å². The van der Waals surface area contributed by atoms with Gasteiger partial charge in [-0.15, -0.1) is 0 Å². The maximum atomic E-state index is 10.8. The molecule has 0 saturated carbocycles. The second-order valence-electron chi connectivity index (χ2n) is 5.20. The molecule has 0 atom stereocenters. The van der Waals surface area contributed by atoms with E-state index in [0.717, 1.165) is 21.9 Å². The van der Waals surface area contributed by atoms with E-state index in [-0.39, 0.29) is 5.69 Å². The van der Waals surface area contributed by atoms with Crippen molar-refractivity contribution in [1.29, 1.82) is 0 Å². The Bertz CT molecular complexity index is 1040. The largest absolute Gasteiger partial charge is 0.340 e. The summed E-state index contributed by atoms with van der Waals surface area (Å²) in [6.07, 6.45) is 0. The quantitative estimate of drug-likeness (QED) is 0.435. The zero-order chi connectivity index (χ0) is 15.8. The number of nitro benzene ring substituents is 1. The first kappa shape index (κ1) is 13.3. The van der Waals surface area contributed by atoms with Gasteiger partial charge in [0.2, 0.25) is 0 Å². The number of pyridine rings is 1. The predicted octanol–water partition coefficient (Wildman–Crippen LogP) is 4.37. The number of nitro groups is 1. The number of aromatic nitrogens is 2. The van der Waals surface area contributed by atoms with Crippen LogP contribution in [0.15, 0.2) is 60.7 Å². The highest BCUT2D eigenvalue weighted by molar-refractivity contribution is 6.06. The van der Waals surface area contributed by atoms with Crippen molar-refractivity contribution in [2.24, 2.45) is 0 Å². The number of hydrogen-bond acceptors (Lipinski definition) is 4. The minimum Gasteiger partial charge on any atom is -0.340 e. The van der Waals surface area contributed by atoms with E-state index in [2.05, 4.69) is 15.3 Å². The first-order valence-electron chi connectivity index (χ1n) is 7.10. The number of benzene rings is 2. The highest BCUT2D eigenvalue weighted by Crippen LogP contribution is 2.26. The molecule has 23 heavy (non-hydrogen) atoms. The van der Waals surface area contributed by atoms with Crippen LogP contribution in [-0.2, 0) is 0 Å². The standard InChI is InChI=1S/C17H12N4O2/c22-21(23)12-5-3-4-11(10-12)18-16-9-8-14-13-6-1-2-7-15(13)19-17(14)20-16/h1-10H,(H2,18,19,20). The SMILES string of the molecule is O=[N+]([O-])c1cccc(Nc2ccc3c(n2)[nH]c2ccccc23)c1. The van der Waals surface area contributed by atoms with Crippen LogP contribution in [0.1, 0.15) is 0 Å². The highest BCUT2D eigenvalue weighted by atomic mass is 16.6. The summed E-state index contributed by atoms with van der Waals surface area (Å²) < 4.78 is 0. The molecule has 2 aromatic carbocycles. The van der Waals surface area contributed by atoms with Crippen LogP contribution in [0, 0.1) is 10.1 Å². The van der Waals surface area contributed by atoms with Gasteiger partial charge in [0.1, 0.15) is 11.5 Å². The normalized spacial score (nSPS) is 11.0. The van der Waals surface area contributed by atoms with Crippen molar-refractivity contribution in [3.05, 3.63) is 70.8 Å². The molecule has 0 aliphatic rings. The van der Waals surface area contributed by atoms with E-state index in [0.29, 0.717) is 11.5 Å². The molecule has 2 N–H and O–H groups in total. The number of aromatic amines is 1. The average molecular weight is 304 g/mol. The van der Waals surface area contributed by atoms with Crippen LogP contribution in [-0.4, -0.2) is 14.9 Å². The van der Waals surface area contributed by atoms with Gasteiger partial charge in [0.15, 0.2) is 0 Å². The smallest absolute Gasteiger partial charge is 0.271 e. The van der Waals surface area contributed by atoms with Crippen LogP contribution >= 0.6 is 0 Å². The summed E-state index contributed by atoms with van der Waals surface area (Å²) in [7, 11) is 0. The van der Waals surface area contributed by atoms with Gasteiger partial charge in [-0.2, -0.15) is 0 Å². The van der Waals surface area contributed by atoms with E-state index in [4.69, 9.17) is 0 Å². The van der Waals surface area contributed by atoms with Crippen molar-refractivity contribution in [1.82, 2.24) is 9.97 Å². The molecule has 0 unspecified atom stereocenters. The lowest BCUT2D eigenvalue weighted by atomic mass is 10.2. The third-order valence-corrected chi connectivity index (χ3v) is 3.69. The Morgan fingerprint density at radius 2 is 1.87 bits per heavy atom. The summed E-state index contributed by atoms with van der Waals surface area (Å²) in [5, 5.41) is 16.1. The number of hydrogen-bond donors (Lipinski definition) is 2. The Morgan fingerprint density at radius 1 is 1.00 bits per heavy atom. The number of nitrogens with zero attached hydrogens (tertiary/aromatic N) is 2. The van der Waals surface area contributed by atoms with E-state index in [9.17, 15) is 10.1 Å². The molecule has 0 spiro atoms. The third-order valence-electron chi connectivity index (χ3n) is 3.69. The molecule has 0 fully saturated rings. The van der Waals surface area contributed by atoms with E-state index in [1.165, 1.54) is 12.1 Å². The molecular weight excluding hydrogens is 292 g/mol. The zero-order valence-corrected chi connectivity index (χ0v) is 12.0. The van der Waals surface area contributed by atoms with E-state index >= 15 is 0 Å². The number of anilines is 2. The molecule has 6 nitrogen and oxygen atoms in total. The summed E-state index contributed by atoms with van der Waals surface area (Å²) in [4.78, 5) is 18.2. The summed E-state index contributed by atoms with van der Waals surface area (Å²) >= 11 is 0. The number of nitrogens with one attached hydrogen (secondary N) is 2. The summed E-state index contributed by atoms with van der Waals surface area (Å²) in [6, 6.07) is 18.2. The Balaban J connectivity index is 1.73. The van der Waals surface area contributed by atoms with Crippen molar-refractivity contribution < 1.29 is 4.92 Å². The third kappa shape index (κ3) is 2.36. The number of H-pyrrole nitrogens is 1. The molecule has 112 valence electrons. The van der Waals surface area contributed by atoms with Crippen LogP contribution in [0.5, 0.6) is 0 Å². The maximum absolute atomic E-state index is 10.8. The average Bonchev–Trinajstić information content (AvgIpc) is 2.92. The molecule has 2 aromatic heterocycles. The van der Waals surface area contributed by atoms with Crippen molar-refractivity contribution in [2.45, 2.75) is 0 Å². The lowest BCUT2D eigenvalue weighted by Gasteiger charge is -2.05. The summed E-state index contributed by atoms with van der Waals surface area (Å²) in [5.41, 5.74) is 2.48. The minimum absolute atomic E-state index is 0.0432. The molecule has 0 aliphatic heterocycles. The van der Waals surface area contributed by atoms with Gasteiger partial charge in [0.05, 0.1) is 4.92 Å². The van der Waals surface area contributed by atoms with Crippen molar-refractivity contribution in [2.75, 3.05) is 5.32 Å². The molecule has 0 bridgehead atoms. The van der Waals surface area contributed by atoms with Crippen LogP contribution in [0.2, 0.25) is 0 Å². The lowest BCUT2D eigenvalue weighted by molar-refractivity contribution is -0.384. The summed E-state index contributed by atoms with van der Waals surface area (Å²) in [5.74, 6) is 0.629. The Hall–Kier alpha value is -3.41. The molecular formula is C17H12N4O2. The molecule has 0 radical (unpaired) electrons.